The second-order valence-corrected chi connectivity index (χ2v) is 5.64. The summed E-state index contributed by atoms with van der Waals surface area (Å²) in [6, 6.07) is 10.1. The van der Waals surface area contributed by atoms with Gasteiger partial charge >= 0.3 is 5.88 Å². The van der Waals surface area contributed by atoms with Crippen LogP contribution < -0.4 is 5.43 Å². The van der Waals surface area contributed by atoms with E-state index in [1.165, 1.54) is 29.7 Å². The van der Waals surface area contributed by atoms with Gasteiger partial charge in [-0.05, 0) is 18.2 Å². The van der Waals surface area contributed by atoms with Crippen molar-refractivity contribution >= 4 is 40.2 Å². The van der Waals surface area contributed by atoms with Crippen LogP contribution in [0.15, 0.2) is 51.3 Å². The van der Waals surface area contributed by atoms with Crippen LogP contribution in [-0.2, 0) is 0 Å². The number of anilines is 1. The molecule has 7 nitrogen and oxygen atoms in total. The lowest BCUT2D eigenvalue weighted by molar-refractivity contribution is -0.402. The summed E-state index contributed by atoms with van der Waals surface area (Å²) in [7, 11) is 0. The Balaban J connectivity index is 1.65. The Kier molecular flexibility index (Phi) is 4.35. The molecule has 0 aliphatic carbocycles. The number of thiazole rings is 1. The van der Waals surface area contributed by atoms with E-state index in [4.69, 9.17) is 16.0 Å². The van der Waals surface area contributed by atoms with Crippen LogP contribution in [0.2, 0.25) is 5.02 Å². The van der Waals surface area contributed by atoms with Crippen LogP contribution in [-0.4, -0.2) is 16.1 Å². The maximum absolute atomic E-state index is 10.5. The summed E-state index contributed by atoms with van der Waals surface area (Å²) in [4.78, 5) is 14.3. The van der Waals surface area contributed by atoms with E-state index >= 15 is 0 Å². The molecule has 0 atom stereocenters. The molecule has 1 N–H and O–H groups in total. The zero-order valence-corrected chi connectivity index (χ0v) is 13.0. The molecule has 0 aliphatic heterocycles. The van der Waals surface area contributed by atoms with Gasteiger partial charge in [0.2, 0.25) is 5.13 Å². The second-order valence-electron chi connectivity index (χ2n) is 4.35. The van der Waals surface area contributed by atoms with Gasteiger partial charge in [-0.3, -0.25) is 15.5 Å². The first-order valence-corrected chi connectivity index (χ1v) is 7.62. The van der Waals surface area contributed by atoms with Crippen LogP contribution in [0.3, 0.4) is 0 Å². The van der Waals surface area contributed by atoms with Gasteiger partial charge in [0.25, 0.3) is 0 Å². The van der Waals surface area contributed by atoms with Gasteiger partial charge in [-0.15, -0.1) is 11.3 Å². The summed E-state index contributed by atoms with van der Waals surface area (Å²) in [6.07, 6.45) is 1.34. The predicted octanol–water partition coefficient (Wildman–Crippen LogP) is 4.41. The summed E-state index contributed by atoms with van der Waals surface area (Å²) in [5, 5.41) is 17.6. The van der Waals surface area contributed by atoms with Crippen molar-refractivity contribution < 1.29 is 9.34 Å². The van der Waals surface area contributed by atoms with Gasteiger partial charge in [0.1, 0.15) is 4.92 Å². The molecule has 116 valence electrons. The lowest BCUT2D eigenvalue weighted by Crippen LogP contribution is -1.89. The first-order chi connectivity index (χ1) is 11.1. The smallest absolute Gasteiger partial charge is 0.400 e. The molecule has 0 fully saturated rings. The van der Waals surface area contributed by atoms with Crippen LogP contribution in [0.4, 0.5) is 11.0 Å². The third-order valence-corrected chi connectivity index (χ3v) is 3.79. The topological polar surface area (TPSA) is 93.6 Å². The third-order valence-electron chi connectivity index (χ3n) is 2.79. The zero-order chi connectivity index (χ0) is 16.2. The highest BCUT2D eigenvalue weighted by Gasteiger charge is 2.10. The Morgan fingerprint density at radius 1 is 1.30 bits per heavy atom. The number of hydrogen-bond acceptors (Lipinski definition) is 7. The van der Waals surface area contributed by atoms with Gasteiger partial charge < -0.3 is 4.42 Å². The van der Waals surface area contributed by atoms with E-state index in [2.05, 4.69) is 15.5 Å². The Morgan fingerprint density at radius 3 is 2.78 bits per heavy atom. The van der Waals surface area contributed by atoms with E-state index in [-0.39, 0.29) is 11.6 Å². The summed E-state index contributed by atoms with van der Waals surface area (Å²) >= 11 is 7.24. The number of hydrazone groups is 1. The molecule has 2 heterocycles. The Hall–Kier alpha value is -2.71. The van der Waals surface area contributed by atoms with Crippen molar-refractivity contribution in [3.05, 3.63) is 62.7 Å². The molecule has 3 rings (SSSR count). The van der Waals surface area contributed by atoms with Crippen LogP contribution in [0.25, 0.3) is 11.3 Å². The normalized spacial score (nSPS) is 11.0. The Morgan fingerprint density at radius 2 is 2.09 bits per heavy atom. The van der Waals surface area contributed by atoms with Gasteiger partial charge in [-0.25, -0.2) is 4.98 Å². The van der Waals surface area contributed by atoms with E-state index in [9.17, 15) is 10.1 Å². The molecule has 0 amide bonds. The average molecular weight is 349 g/mol. The SMILES string of the molecule is O=[N+]([O-])c1ccc(C=NNc2nc(-c3ccc(Cl)cc3)cs2)o1. The third kappa shape index (κ3) is 3.74. The number of hydrogen-bond donors (Lipinski definition) is 1. The average Bonchev–Trinajstić information content (AvgIpc) is 3.18. The van der Waals surface area contributed by atoms with E-state index in [1.807, 2.05) is 17.5 Å². The molecule has 2 aromatic heterocycles. The molecular weight excluding hydrogens is 340 g/mol. The first-order valence-electron chi connectivity index (χ1n) is 6.36. The summed E-state index contributed by atoms with van der Waals surface area (Å²) < 4.78 is 4.95. The summed E-state index contributed by atoms with van der Waals surface area (Å²) in [5.41, 5.74) is 4.51. The van der Waals surface area contributed by atoms with Crippen LogP contribution in [0.5, 0.6) is 0 Å². The predicted molar refractivity (Wildman–Crippen MR) is 89.1 cm³/mol. The van der Waals surface area contributed by atoms with E-state index in [0.29, 0.717) is 10.2 Å². The van der Waals surface area contributed by atoms with Crippen LogP contribution in [0, 0.1) is 10.1 Å². The van der Waals surface area contributed by atoms with Crippen molar-refractivity contribution in [3.8, 4) is 11.3 Å². The highest BCUT2D eigenvalue weighted by atomic mass is 35.5. The molecule has 0 bridgehead atoms. The largest absolute Gasteiger partial charge is 0.433 e. The maximum atomic E-state index is 10.5. The van der Waals surface area contributed by atoms with Crippen LogP contribution >= 0.6 is 22.9 Å². The van der Waals surface area contributed by atoms with E-state index < -0.39 is 4.92 Å². The molecule has 0 spiro atoms. The maximum Gasteiger partial charge on any atom is 0.433 e. The molecule has 9 heteroatoms. The van der Waals surface area contributed by atoms with E-state index in [0.717, 1.165) is 11.3 Å². The molecule has 0 radical (unpaired) electrons. The van der Waals surface area contributed by atoms with Crippen molar-refractivity contribution in [1.29, 1.82) is 0 Å². The number of aromatic nitrogens is 1. The molecule has 3 aromatic rings. The number of rotatable bonds is 5. The summed E-state index contributed by atoms with van der Waals surface area (Å²) in [6.45, 7) is 0. The van der Waals surface area contributed by atoms with Crippen molar-refractivity contribution in [2.24, 2.45) is 5.10 Å². The van der Waals surface area contributed by atoms with Crippen molar-refractivity contribution in [1.82, 2.24) is 4.98 Å². The molecular formula is C14H9ClN4O3S. The highest BCUT2D eigenvalue weighted by Crippen LogP contribution is 2.26. The van der Waals surface area contributed by atoms with Crippen molar-refractivity contribution in [2.45, 2.75) is 0 Å². The highest BCUT2D eigenvalue weighted by molar-refractivity contribution is 7.14. The number of nitro groups is 1. The molecule has 0 saturated heterocycles. The lowest BCUT2D eigenvalue weighted by Gasteiger charge is -1.96. The Labute approximate surface area is 139 Å². The summed E-state index contributed by atoms with van der Waals surface area (Å²) in [5.74, 6) is -0.0515. The fourth-order valence-corrected chi connectivity index (χ4v) is 2.53. The zero-order valence-electron chi connectivity index (χ0n) is 11.5. The quantitative estimate of drug-likeness (QED) is 0.418. The van der Waals surface area contributed by atoms with Crippen molar-refractivity contribution in [3.63, 3.8) is 0 Å². The fraction of sp³-hybridized carbons (Fsp3) is 0. The number of furan rings is 1. The lowest BCUT2D eigenvalue weighted by atomic mass is 10.2. The van der Waals surface area contributed by atoms with Crippen LogP contribution in [0.1, 0.15) is 5.76 Å². The van der Waals surface area contributed by atoms with Gasteiger partial charge in [-0.1, -0.05) is 23.7 Å². The fourth-order valence-electron chi connectivity index (χ4n) is 1.74. The monoisotopic (exact) mass is 348 g/mol. The minimum atomic E-state index is -0.607. The minimum absolute atomic E-state index is 0.277. The second kappa shape index (κ2) is 6.59. The van der Waals surface area contributed by atoms with Crippen molar-refractivity contribution in [2.75, 3.05) is 5.43 Å². The number of benzene rings is 1. The van der Waals surface area contributed by atoms with Gasteiger partial charge in [0, 0.05) is 16.0 Å². The number of halogens is 1. The molecule has 0 unspecified atom stereocenters. The molecule has 23 heavy (non-hydrogen) atoms. The standard InChI is InChI=1S/C14H9ClN4O3S/c15-10-3-1-9(2-4-10)12-8-23-14(17-12)18-16-7-11-5-6-13(22-11)19(20)21/h1-8H,(H,17,18). The number of nitrogens with zero attached hydrogens (tertiary/aromatic N) is 3. The minimum Gasteiger partial charge on any atom is -0.400 e. The van der Waals surface area contributed by atoms with Gasteiger partial charge in [0.05, 0.1) is 18.0 Å². The number of nitrogens with one attached hydrogen (secondary N) is 1. The Bertz CT molecular complexity index is 857. The molecule has 0 aliphatic rings. The molecule has 0 saturated carbocycles. The van der Waals surface area contributed by atoms with Gasteiger partial charge in [0.15, 0.2) is 5.76 Å². The first kappa shape index (κ1) is 15.2. The van der Waals surface area contributed by atoms with E-state index in [1.54, 1.807) is 12.1 Å². The van der Waals surface area contributed by atoms with Gasteiger partial charge in [-0.2, -0.15) is 5.10 Å². The molecule has 1 aromatic carbocycles.